The molecular formula is C24H18ClF3O5. The minimum atomic E-state index is -4.42. The molecule has 0 aliphatic heterocycles. The third-order valence-corrected chi connectivity index (χ3v) is 4.74. The lowest BCUT2D eigenvalue weighted by atomic mass is 10.1. The van der Waals surface area contributed by atoms with Gasteiger partial charge in [-0.05, 0) is 67.6 Å². The molecule has 0 amide bonds. The second kappa shape index (κ2) is 10.4. The summed E-state index contributed by atoms with van der Waals surface area (Å²) in [4.78, 5) is 24.3. The zero-order chi connectivity index (χ0) is 24.0. The number of alkyl halides is 3. The molecule has 0 bridgehead atoms. The average molecular weight is 479 g/mol. The highest BCUT2D eigenvalue weighted by Gasteiger charge is 2.30. The maximum Gasteiger partial charge on any atom is 0.416 e. The van der Waals surface area contributed by atoms with E-state index in [2.05, 4.69) is 0 Å². The normalized spacial score (nSPS) is 12.0. The van der Waals surface area contributed by atoms with E-state index in [1.807, 2.05) is 0 Å². The summed E-state index contributed by atoms with van der Waals surface area (Å²) >= 11 is 5.95. The number of carbonyl (C=O) groups excluding carboxylic acids is 2. The zero-order valence-electron chi connectivity index (χ0n) is 17.3. The van der Waals surface area contributed by atoms with Gasteiger partial charge in [0, 0.05) is 5.56 Å². The van der Waals surface area contributed by atoms with Crippen molar-refractivity contribution in [3.05, 3.63) is 88.9 Å². The molecule has 172 valence electrons. The molecular weight excluding hydrogens is 461 g/mol. The largest absolute Gasteiger partial charge is 0.479 e. The first-order valence-corrected chi connectivity index (χ1v) is 10.1. The van der Waals surface area contributed by atoms with Gasteiger partial charge in [-0.25, -0.2) is 4.79 Å². The van der Waals surface area contributed by atoms with Gasteiger partial charge in [-0.1, -0.05) is 23.7 Å². The first-order valence-electron chi connectivity index (χ1n) is 9.69. The predicted molar refractivity (Wildman–Crippen MR) is 115 cm³/mol. The van der Waals surface area contributed by atoms with Crippen LogP contribution in [0.15, 0.2) is 72.8 Å². The molecule has 0 spiro atoms. The first kappa shape index (κ1) is 24.1. The smallest absolute Gasteiger partial charge is 0.416 e. The number of hydrogen-bond acceptors (Lipinski definition) is 5. The van der Waals surface area contributed by atoms with E-state index < -0.39 is 36.2 Å². The molecule has 1 atom stereocenters. The van der Waals surface area contributed by atoms with Crippen LogP contribution in [0, 0.1) is 0 Å². The van der Waals surface area contributed by atoms with Crippen LogP contribution in [0.3, 0.4) is 0 Å². The van der Waals surface area contributed by atoms with Crippen LogP contribution in [0.1, 0.15) is 22.8 Å². The Morgan fingerprint density at radius 3 is 2.00 bits per heavy atom. The highest BCUT2D eigenvalue weighted by atomic mass is 35.5. The number of Topliss-reactive ketones (excluding diaryl/α,β-unsaturated/α-hetero) is 1. The number of esters is 1. The summed E-state index contributed by atoms with van der Waals surface area (Å²) in [6.07, 6.45) is -5.41. The molecule has 33 heavy (non-hydrogen) atoms. The summed E-state index contributed by atoms with van der Waals surface area (Å²) in [6.45, 7) is 0.991. The van der Waals surface area contributed by atoms with Crippen LogP contribution in [-0.2, 0) is 15.7 Å². The lowest BCUT2D eigenvalue weighted by Crippen LogP contribution is -2.28. The third-order valence-electron chi connectivity index (χ3n) is 4.41. The summed E-state index contributed by atoms with van der Waals surface area (Å²) in [5.41, 5.74) is -0.516. The minimum absolute atomic E-state index is 0.233. The highest BCUT2D eigenvalue weighted by Crippen LogP contribution is 2.31. The van der Waals surface area contributed by atoms with Crippen LogP contribution in [0.4, 0.5) is 13.2 Å². The van der Waals surface area contributed by atoms with Crippen LogP contribution in [0.25, 0.3) is 0 Å². The second-order valence-corrected chi connectivity index (χ2v) is 7.27. The minimum Gasteiger partial charge on any atom is -0.479 e. The van der Waals surface area contributed by atoms with Crippen LogP contribution in [-0.4, -0.2) is 24.5 Å². The number of ketones is 1. The van der Waals surface area contributed by atoms with Crippen molar-refractivity contribution in [1.82, 2.24) is 0 Å². The van der Waals surface area contributed by atoms with E-state index in [0.29, 0.717) is 11.5 Å². The van der Waals surface area contributed by atoms with Crippen molar-refractivity contribution >= 4 is 23.4 Å². The van der Waals surface area contributed by atoms with Crippen molar-refractivity contribution in [2.24, 2.45) is 0 Å². The fraction of sp³-hybridized carbons (Fsp3) is 0.167. The van der Waals surface area contributed by atoms with Gasteiger partial charge in [-0.3, -0.25) is 4.79 Å². The van der Waals surface area contributed by atoms with Crippen LogP contribution >= 0.6 is 11.6 Å². The Balaban J connectivity index is 1.51. The molecule has 3 rings (SSSR count). The molecule has 0 saturated carbocycles. The van der Waals surface area contributed by atoms with Crippen molar-refractivity contribution < 1.29 is 37.0 Å². The monoisotopic (exact) mass is 478 g/mol. The Kier molecular flexibility index (Phi) is 7.60. The van der Waals surface area contributed by atoms with Gasteiger partial charge in [-0.2, -0.15) is 13.2 Å². The zero-order valence-corrected chi connectivity index (χ0v) is 18.0. The van der Waals surface area contributed by atoms with Gasteiger partial charge in [0.15, 0.2) is 12.7 Å². The molecule has 9 heteroatoms. The topological polar surface area (TPSA) is 61.8 Å². The quantitative estimate of drug-likeness (QED) is 0.279. The van der Waals surface area contributed by atoms with E-state index in [9.17, 15) is 22.8 Å². The van der Waals surface area contributed by atoms with Gasteiger partial charge >= 0.3 is 12.1 Å². The fourth-order valence-corrected chi connectivity index (χ4v) is 2.95. The summed E-state index contributed by atoms with van der Waals surface area (Å²) in [6, 6.07) is 16.8. The summed E-state index contributed by atoms with van der Waals surface area (Å²) in [5, 5.41) is 0.265. The maximum absolute atomic E-state index is 12.6. The molecule has 0 aliphatic carbocycles. The lowest BCUT2D eigenvalue weighted by molar-refractivity contribution is -0.149. The van der Waals surface area contributed by atoms with Crippen LogP contribution in [0.5, 0.6) is 17.2 Å². The molecule has 5 nitrogen and oxygen atoms in total. The lowest BCUT2D eigenvalue weighted by Gasteiger charge is -2.14. The Bertz CT molecular complexity index is 1110. The number of ether oxygens (including phenoxy) is 3. The SMILES string of the molecule is CC(Oc1ccc(Oc2ccc(C(F)(F)F)cc2)cc1)C(=O)OCC(=O)c1ccccc1Cl. The van der Waals surface area contributed by atoms with E-state index in [4.69, 9.17) is 25.8 Å². The van der Waals surface area contributed by atoms with Crippen LogP contribution < -0.4 is 9.47 Å². The van der Waals surface area contributed by atoms with Gasteiger partial charge < -0.3 is 14.2 Å². The second-order valence-electron chi connectivity index (χ2n) is 6.87. The number of halogens is 4. The van der Waals surface area contributed by atoms with E-state index in [0.717, 1.165) is 12.1 Å². The van der Waals surface area contributed by atoms with Gasteiger partial charge in [0.25, 0.3) is 0 Å². The molecule has 3 aromatic carbocycles. The summed E-state index contributed by atoms with van der Waals surface area (Å²) in [5.74, 6) is -0.248. The standard InChI is InChI=1S/C24H18ClF3O5/c1-15(23(30)31-14-22(29)20-4-2-3-5-21(20)25)32-17-10-12-19(13-11-17)33-18-8-6-16(7-9-18)24(26,27)28/h2-13,15H,14H2,1H3. The molecule has 0 saturated heterocycles. The third kappa shape index (κ3) is 6.73. The predicted octanol–water partition coefficient (Wildman–Crippen LogP) is 6.34. The number of benzene rings is 3. The van der Waals surface area contributed by atoms with Gasteiger partial charge in [-0.15, -0.1) is 0 Å². The number of rotatable bonds is 8. The van der Waals surface area contributed by atoms with Gasteiger partial charge in [0.05, 0.1) is 10.6 Å². The Labute approximate surface area is 192 Å². The Morgan fingerprint density at radius 1 is 0.879 bits per heavy atom. The van der Waals surface area contributed by atoms with Crippen molar-refractivity contribution in [3.63, 3.8) is 0 Å². The molecule has 0 aromatic heterocycles. The van der Waals surface area contributed by atoms with E-state index >= 15 is 0 Å². The maximum atomic E-state index is 12.6. The van der Waals surface area contributed by atoms with Crippen molar-refractivity contribution in [1.29, 1.82) is 0 Å². The Hall–Kier alpha value is -3.52. The summed E-state index contributed by atoms with van der Waals surface area (Å²) in [7, 11) is 0. The van der Waals surface area contributed by atoms with Gasteiger partial charge in [0.1, 0.15) is 17.2 Å². The number of carbonyl (C=O) groups is 2. The van der Waals surface area contributed by atoms with E-state index in [-0.39, 0.29) is 16.3 Å². The first-order chi connectivity index (χ1) is 15.6. The number of hydrogen-bond donors (Lipinski definition) is 0. The Morgan fingerprint density at radius 2 is 1.42 bits per heavy atom. The van der Waals surface area contributed by atoms with E-state index in [1.165, 1.54) is 49.4 Å². The molecule has 0 fully saturated rings. The van der Waals surface area contributed by atoms with Crippen molar-refractivity contribution in [2.45, 2.75) is 19.2 Å². The molecule has 0 radical (unpaired) electrons. The van der Waals surface area contributed by atoms with Crippen molar-refractivity contribution in [3.8, 4) is 17.2 Å². The van der Waals surface area contributed by atoms with Crippen LogP contribution in [0.2, 0.25) is 5.02 Å². The van der Waals surface area contributed by atoms with Crippen molar-refractivity contribution in [2.75, 3.05) is 6.61 Å². The molecule has 0 aliphatic rings. The molecule has 3 aromatic rings. The fourth-order valence-electron chi connectivity index (χ4n) is 2.71. The molecule has 1 unspecified atom stereocenters. The highest BCUT2D eigenvalue weighted by molar-refractivity contribution is 6.34. The van der Waals surface area contributed by atoms with E-state index in [1.54, 1.807) is 18.2 Å². The molecule has 0 N–H and O–H groups in total. The molecule has 0 heterocycles. The summed E-state index contributed by atoms with van der Waals surface area (Å²) < 4.78 is 53.9. The average Bonchev–Trinajstić information content (AvgIpc) is 2.78. The van der Waals surface area contributed by atoms with Gasteiger partial charge in [0.2, 0.25) is 5.78 Å².